The fourth-order valence-electron chi connectivity index (χ4n) is 4.32. The molecule has 0 saturated heterocycles. The van der Waals surface area contributed by atoms with Crippen LogP contribution in [0.15, 0.2) is 46.8 Å². The average Bonchev–Trinajstić information content (AvgIpc) is 2.96. The van der Waals surface area contributed by atoms with Crippen molar-refractivity contribution >= 4 is 5.78 Å². The summed E-state index contributed by atoms with van der Waals surface area (Å²) in [7, 11) is 4.33. The first-order chi connectivity index (χ1) is 13.3. The second-order valence-electron chi connectivity index (χ2n) is 8.20. The highest BCUT2D eigenvalue weighted by atomic mass is 16.1. The molecular weight excluding hydrogens is 346 g/mol. The average molecular weight is 386 g/mol. The van der Waals surface area contributed by atoms with Gasteiger partial charge in [0.1, 0.15) is 5.78 Å². The summed E-state index contributed by atoms with van der Waals surface area (Å²) in [6, 6.07) is 0.161. The Bertz CT molecular complexity index is 686. The molecule has 0 aromatic heterocycles. The SMILES string of the molecule is C/C=C\C1C(C(C)C(=O)CC)=CN(CC2=CC(C)=C(CCCC)N(C)C2)N1C. The van der Waals surface area contributed by atoms with Crippen LogP contribution in [0.2, 0.25) is 0 Å². The minimum absolute atomic E-state index is 0.0380. The maximum Gasteiger partial charge on any atom is 0.139 e. The molecule has 4 heteroatoms. The van der Waals surface area contributed by atoms with Crippen molar-refractivity contribution in [3.05, 3.63) is 46.8 Å². The maximum absolute atomic E-state index is 12.3. The van der Waals surface area contributed by atoms with Crippen LogP contribution in [0.1, 0.15) is 60.3 Å². The maximum atomic E-state index is 12.3. The zero-order valence-electron chi connectivity index (χ0n) is 19.0. The molecule has 2 aliphatic rings. The Morgan fingerprint density at radius 1 is 1.32 bits per heavy atom. The van der Waals surface area contributed by atoms with Gasteiger partial charge < -0.3 is 9.91 Å². The van der Waals surface area contributed by atoms with Gasteiger partial charge in [-0.15, -0.1) is 0 Å². The summed E-state index contributed by atoms with van der Waals surface area (Å²) in [4.78, 5) is 14.7. The van der Waals surface area contributed by atoms with E-state index < -0.39 is 0 Å². The first kappa shape index (κ1) is 22.5. The van der Waals surface area contributed by atoms with E-state index in [0.29, 0.717) is 12.2 Å². The Morgan fingerprint density at radius 3 is 2.61 bits per heavy atom. The van der Waals surface area contributed by atoms with Crippen LogP contribution in [0, 0.1) is 5.92 Å². The highest BCUT2D eigenvalue weighted by Crippen LogP contribution is 2.31. The number of hydrazine groups is 1. The smallest absolute Gasteiger partial charge is 0.139 e. The van der Waals surface area contributed by atoms with E-state index in [1.54, 1.807) is 0 Å². The van der Waals surface area contributed by atoms with Crippen molar-refractivity contribution in [2.45, 2.75) is 66.3 Å². The van der Waals surface area contributed by atoms with Crippen LogP contribution in [0.25, 0.3) is 0 Å². The van der Waals surface area contributed by atoms with Gasteiger partial charge in [-0.1, -0.05) is 45.4 Å². The third kappa shape index (κ3) is 4.96. The Labute approximate surface area is 172 Å². The van der Waals surface area contributed by atoms with Gasteiger partial charge in [-0.25, -0.2) is 5.01 Å². The van der Waals surface area contributed by atoms with Crippen molar-refractivity contribution in [2.75, 3.05) is 27.2 Å². The Hall–Kier alpha value is -1.81. The molecular formula is C24H39N3O. The summed E-state index contributed by atoms with van der Waals surface area (Å²) in [5.41, 5.74) is 5.49. The topological polar surface area (TPSA) is 26.8 Å². The highest BCUT2D eigenvalue weighted by Gasteiger charge is 2.33. The molecule has 0 N–H and O–H groups in total. The molecule has 2 rings (SSSR count). The van der Waals surface area contributed by atoms with Gasteiger partial charge in [0, 0.05) is 44.9 Å². The van der Waals surface area contributed by atoms with Crippen molar-refractivity contribution in [1.82, 2.24) is 14.9 Å². The molecule has 0 spiro atoms. The number of unbranched alkanes of at least 4 members (excludes halogenated alkanes) is 1. The molecule has 4 nitrogen and oxygen atoms in total. The molecule has 0 bridgehead atoms. The van der Waals surface area contributed by atoms with Crippen LogP contribution in [-0.2, 0) is 4.79 Å². The first-order valence-corrected chi connectivity index (χ1v) is 10.8. The van der Waals surface area contributed by atoms with Crippen LogP contribution in [0.5, 0.6) is 0 Å². The van der Waals surface area contributed by atoms with Crippen molar-refractivity contribution in [2.24, 2.45) is 5.92 Å². The van der Waals surface area contributed by atoms with Crippen LogP contribution >= 0.6 is 0 Å². The molecule has 0 fully saturated rings. The van der Waals surface area contributed by atoms with Gasteiger partial charge >= 0.3 is 0 Å². The number of hydrogen-bond acceptors (Lipinski definition) is 4. The third-order valence-corrected chi connectivity index (χ3v) is 6.06. The van der Waals surface area contributed by atoms with Gasteiger partial charge in [-0.05, 0) is 43.4 Å². The van der Waals surface area contributed by atoms with Crippen molar-refractivity contribution in [3.63, 3.8) is 0 Å². The van der Waals surface area contributed by atoms with Gasteiger partial charge in [0.05, 0.1) is 12.6 Å². The lowest BCUT2D eigenvalue weighted by Crippen LogP contribution is -2.40. The fourth-order valence-corrected chi connectivity index (χ4v) is 4.32. The standard InChI is InChI=1S/C24H39N3O/c1-8-11-13-22-18(4)14-20(15-25(22)6)16-27-17-21(19(5)24(28)10-3)23(12-9-2)26(27)7/h9,12,14,17,19,23H,8,10-11,13,15-16H2,1-7H3/b12-9-. The van der Waals surface area contributed by atoms with E-state index in [1.807, 2.05) is 20.8 Å². The van der Waals surface area contributed by atoms with E-state index in [1.165, 1.54) is 35.3 Å². The number of ketones is 1. The van der Waals surface area contributed by atoms with Crippen molar-refractivity contribution in [1.29, 1.82) is 0 Å². The third-order valence-electron chi connectivity index (χ3n) is 6.06. The van der Waals surface area contributed by atoms with Gasteiger partial charge in [-0.2, -0.15) is 0 Å². The second-order valence-corrected chi connectivity index (χ2v) is 8.20. The largest absolute Gasteiger partial charge is 0.374 e. The summed E-state index contributed by atoms with van der Waals surface area (Å²) in [5, 5.41) is 4.55. The number of carbonyl (C=O) groups excluding carboxylic acids is 1. The number of Topliss-reactive ketones (excluding diaryl/α,β-unsaturated/α-hetero) is 1. The minimum atomic E-state index is -0.0380. The quantitative estimate of drug-likeness (QED) is 0.526. The van der Waals surface area contributed by atoms with E-state index in [0.717, 1.165) is 19.5 Å². The lowest BCUT2D eigenvalue weighted by atomic mass is 9.90. The lowest BCUT2D eigenvalue weighted by molar-refractivity contribution is -0.121. The van der Waals surface area contributed by atoms with Gasteiger partial charge in [0.15, 0.2) is 0 Å². The summed E-state index contributed by atoms with van der Waals surface area (Å²) >= 11 is 0. The van der Waals surface area contributed by atoms with E-state index in [9.17, 15) is 4.79 Å². The van der Waals surface area contributed by atoms with Gasteiger partial charge in [0.2, 0.25) is 0 Å². The zero-order valence-corrected chi connectivity index (χ0v) is 19.0. The Balaban J connectivity index is 2.22. The van der Waals surface area contributed by atoms with Crippen LogP contribution in [0.3, 0.4) is 0 Å². The molecule has 2 aliphatic heterocycles. The number of nitrogens with zero attached hydrogens (tertiary/aromatic N) is 3. The normalized spacial score (nSPS) is 22.2. The first-order valence-electron chi connectivity index (χ1n) is 10.8. The van der Waals surface area contributed by atoms with Crippen LogP contribution in [0.4, 0.5) is 0 Å². The van der Waals surface area contributed by atoms with Crippen molar-refractivity contribution < 1.29 is 4.79 Å². The molecule has 0 aromatic rings. The molecule has 28 heavy (non-hydrogen) atoms. The summed E-state index contributed by atoms with van der Waals surface area (Å²) in [6.07, 6.45) is 13.1. The van der Waals surface area contributed by atoms with E-state index in [4.69, 9.17) is 0 Å². The monoisotopic (exact) mass is 385 g/mol. The van der Waals surface area contributed by atoms with Gasteiger partial charge in [-0.3, -0.25) is 4.79 Å². The van der Waals surface area contributed by atoms with E-state index in [-0.39, 0.29) is 12.0 Å². The summed E-state index contributed by atoms with van der Waals surface area (Å²) < 4.78 is 0. The number of hydrogen-bond donors (Lipinski definition) is 0. The number of carbonyl (C=O) groups is 1. The molecule has 2 atom stereocenters. The number of allylic oxidation sites excluding steroid dienone is 4. The Morgan fingerprint density at radius 2 is 2.04 bits per heavy atom. The Kier molecular flexibility index (Phi) is 8.11. The molecule has 0 radical (unpaired) electrons. The molecule has 2 heterocycles. The molecule has 2 unspecified atom stereocenters. The predicted molar refractivity (Wildman–Crippen MR) is 119 cm³/mol. The molecule has 0 saturated carbocycles. The predicted octanol–water partition coefficient (Wildman–Crippen LogP) is 4.93. The summed E-state index contributed by atoms with van der Waals surface area (Å²) in [5.74, 6) is 0.274. The molecule has 156 valence electrons. The molecule has 0 aliphatic carbocycles. The number of rotatable bonds is 9. The van der Waals surface area contributed by atoms with Crippen molar-refractivity contribution in [3.8, 4) is 0 Å². The van der Waals surface area contributed by atoms with E-state index >= 15 is 0 Å². The fraction of sp³-hybridized carbons (Fsp3) is 0.625. The number of likely N-dealkylation sites (N-methyl/N-ethyl adjacent to an activating group) is 2. The van der Waals surface area contributed by atoms with E-state index in [2.05, 4.69) is 67.3 Å². The highest BCUT2D eigenvalue weighted by molar-refractivity contribution is 5.83. The van der Waals surface area contributed by atoms with Crippen LogP contribution in [-0.4, -0.2) is 53.9 Å². The lowest BCUT2D eigenvalue weighted by Gasteiger charge is -2.34. The molecule has 0 aromatic carbocycles. The van der Waals surface area contributed by atoms with Crippen LogP contribution < -0.4 is 0 Å². The minimum Gasteiger partial charge on any atom is -0.374 e. The molecule has 0 amide bonds. The summed E-state index contributed by atoms with van der Waals surface area (Å²) in [6.45, 7) is 12.4. The zero-order chi connectivity index (χ0) is 20.8. The van der Waals surface area contributed by atoms with Gasteiger partial charge in [0.25, 0.3) is 0 Å². The second kappa shape index (κ2) is 10.1.